The van der Waals surface area contributed by atoms with Crippen LogP contribution in [0.5, 0.6) is 0 Å². The second kappa shape index (κ2) is 40.0. The van der Waals surface area contributed by atoms with Crippen LogP contribution in [0.1, 0.15) is 108 Å². The zero-order chi connectivity index (χ0) is 50.4. The molecule has 0 aliphatic carbocycles. The lowest BCUT2D eigenvalue weighted by molar-refractivity contribution is -0.148. The predicted octanol–water partition coefficient (Wildman–Crippen LogP) is 6.16. The maximum absolute atomic E-state index is 13.2. The van der Waals surface area contributed by atoms with E-state index in [9.17, 15) is 33.6 Å². The fraction of sp³-hybridized carbons (Fsp3) is 0.551. The molecule has 6 amide bonds. The smallest absolute Gasteiger partial charge is 0.245 e. The number of aldehydes is 1. The summed E-state index contributed by atoms with van der Waals surface area (Å²) in [7, 11) is 3.17. The van der Waals surface area contributed by atoms with Gasteiger partial charge < -0.3 is 45.1 Å². The van der Waals surface area contributed by atoms with Gasteiger partial charge in [0.2, 0.25) is 35.9 Å². The number of hydrogen-bond donors (Lipinski definition) is 3. The van der Waals surface area contributed by atoms with Crippen LogP contribution in [0.2, 0.25) is 0 Å². The Morgan fingerprint density at radius 2 is 1.27 bits per heavy atom. The average molecular weight is 898 g/mol. The molecule has 0 aromatic heterocycles. The Hall–Kier alpha value is -5.86. The number of aryl methyl sites for hydroxylation is 1. The van der Waals surface area contributed by atoms with Crippen LogP contribution >= 0.6 is 0 Å². The molecule has 0 radical (unpaired) electrons. The summed E-state index contributed by atoms with van der Waals surface area (Å²) >= 11 is 0. The van der Waals surface area contributed by atoms with E-state index in [2.05, 4.69) is 36.4 Å². The van der Waals surface area contributed by atoms with Crippen molar-refractivity contribution in [3.8, 4) is 0 Å². The van der Waals surface area contributed by atoms with Gasteiger partial charge in [0, 0.05) is 58.0 Å². The average Bonchev–Trinajstić information content (AvgIpc) is 3.30. The first-order chi connectivity index (χ1) is 30.5. The zero-order valence-electron chi connectivity index (χ0n) is 41.8. The van der Waals surface area contributed by atoms with Crippen molar-refractivity contribution in [2.75, 3.05) is 52.1 Å². The van der Waals surface area contributed by atoms with E-state index in [1.54, 1.807) is 27.8 Å². The number of benzene rings is 2. The fourth-order valence-corrected chi connectivity index (χ4v) is 5.32. The van der Waals surface area contributed by atoms with Crippen LogP contribution < -0.4 is 16.0 Å². The van der Waals surface area contributed by atoms with Gasteiger partial charge in [0.1, 0.15) is 19.1 Å². The van der Waals surface area contributed by atoms with Crippen LogP contribution in [0.4, 0.5) is 5.69 Å². The minimum absolute atomic E-state index is 0.0379. The molecule has 0 spiro atoms. The van der Waals surface area contributed by atoms with Crippen molar-refractivity contribution in [1.82, 2.24) is 30.2 Å². The molecular weight excluding hydrogens is 815 g/mol. The summed E-state index contributed by atoms with van der Waals surface area (Å²) in [4.78, 5) is 96.9. The number of nitrogens with one attached hydrogen (secondary N) is 3. The Morgan fingerprint density at radius 3 is 1.72 bits per heavy atom. The van der Waals surface area contributed by atoms with Gasteiger partial charge >= 0.3 is 0 Å². The Balaban J connectivity index is -0.000000710. The lowest BCUT2D eigenvalue weighted by Crippen LogP contribution is -2.53. The third-order valence-electron chi connectivity index (χ3n) is 9.32. The van der Waals surface area contributed by atoms with E-state index < -0.39 is 12.1 Å². The number of nitrogens with zero attached hydrogens (tertiary/aromatic N) is 4. The Kier molecular flexibility index (Phi) is 40.4. The molecule has 0 saturated heterocycles. The molecule has 15 nitrogen and oxygen atoms in total. The first-order valence-electron chi connectivity index (χ1n) is 22.3. The zero-order valence-corrected chi connectivity index (χ0v) is 41.8. The summed E-state index contributed by atoms with van der Waals surface area (Å²) in [6, 6.07) is 16.2. The van der Waals surface area contributed by atoms with Crippen LogP contribution in [0.3, 0.4) is 0 Å². The third kappa shape index (κ3) is 28.0. The standard InChI is InChI=1S/C32H52N6O5.C10H11NO2.3C2H6.CH2O/c1-11-37(32(43)25(7)38(12-2)31(42)20-35(9)26(8)39)21-30(41)36(10)19-23(5)33-28-16-13-27(14-17-28)15-18-29(40)34-24(6)22(3)4;12-7-10(11-8-13)6-9-4-2-1-3-5-9;4*1-2/h13-14,16-17,22,24-25,33H,5,11-12,15,18-21H2,1-4,6-10H3,(H,34,40);1-5,7-8,10H,6H2,(H,11,13);3*1-2H3;1H2. The predicted molar refractivity (Wildman–Crippen MR) is 260 cm³/mol. The van der Waals surface area contributed by atoms with Crippen molar-refractivity contribution in [2.24, 2.45) is 5.92 Å². The molecule has 0 heterocycles. The highest BCUT2D eigenvalue weighted by Crippen LogP contribution is 2.14. The van der Waals surface area contributed by atoms with Gasteiger partial charge in [-0.3, -0.25) is 28.8 Å². The molecule has 3 unspecified atom stereocenters. The third-order valence-corrected chi connectivity index (χ3v) is 9.32. The first kappa shape index (κ1) is 64.8. The highest BCUT2D eigenvalue weighted by atomic mass is 16.2. The van der Waals surface area contributed by atoms with Gasteiger partial charge in [-0.25, -0.2) is 0 Å². The monoisotopic (exact) mass is 898 g/mol. The number of rotatable bonds is 22. The van der Waals surface area contributed by atoms with Crippen LogP contribution in [0.25, 0.3) is 0 Å². The number of carbonyl (C=O) groups excluding carboxylic acids is 8. The Bertz CT molecular complexity index is 1610. The molecule has 0 aliphatic rings. The van der Waals surface area contributed by atoms with Crippen molar-refractivity contribution >= 4 is 54.7 Å². The van der Waals surface area contributed by atoms with E-state index in [-0.39, 0.29) is 55.2 Å². The van der Waals surface area contributed by atoms with E-state index >= 15 is 0 Å². The van der Waals surface area contributed by atoms with E-state index in [0.29, 0.717) is 50.4 Å². The topological polar surface area (TPSA) is 186 Å². The highest BCUT2D eigenvalue weighted by Gasteiger charge is 2.30. The summed E-state index contributed by atoms with van der Waals surface area (Å²) in [6.07, 6.45) is 2.88. The van der Waals surface area contributed by atoms with Gasteiger partial charge in [0.15, 0.2) is 0 Å². The normalized spacial score (nSPS) is 10.9. The highest BCUT2D eigenvalue weighted by molar-refractivity contribution is 5.91. The second-order valence-corrected chi connectivity index (χ2v) is 14.1. The minimum atomic E-state index is -0.784. The molecule has 0 saturated carbocycles. The van der Waals surface area contributed by atoms with Gasteiger partial charge in [-0.05, 0) is 69.7 Å². The van der Waals surface area contributed by atoms with Crippen molar-refractivity contribution in [1.29, 1.82) is 0 Å². The summed E-state index contributed by atoms with van der Waals surface area (Å²) < 4.78 is 0. The molecular formula is C49H83N7O8. The number of carbonyl (C=O) groups is 8. The van der Waals surface area contributed by atoms with Crippen LogP contribution in [0, 0.1) is 5.92 Å². The molecule has 0 aliphatic heterocycles. The summed E-state index contributed by atoms with van der Waals surface area (Å²) in [5.41, 5.74) is 3.50. The fourth-order valence-electron chi connectivity index (χ4n) is 5.32. The number of hydrogen-bond acceptors (Lipinski definition) is 9. The number of anilines is 1. The summed E-state index contributed by atoms with van der Waals surface area (Å²) in [5.74, 6) is -0.762. The SMILES string of the molecule is C=C(CN(C)C(=O)CN(CC)C(=O)C(C)N(CC)C(=O)CN(C)C(C)=O)Nc1ccc(CCC(=O)NC(C)C(C)C)cc1.C=O.CC.CC.CC.O=CNC(C=O)Cc1ccccc1. The van der Waals surface area contributed by atoms with Gasteiger partial charge in [0.25, 0.3) is 0 Å². The molecule has 2 aromatic rings. The largest absolute Gasteiger partial charge is 0.358 e. The van der Waals surface area contributed by atoms with Crippen molar-refractivity contribution in [3.05, 3.63) is 78.0 Å². The molecule has 2 rings (SSSR count). The van der Waals surface area contributed by atoms with Gasteiger partial charge in [-0.15, -0.1) is 0 Å². The lowest BCUT2D eigenvalue weighted by atomic mass is 10.1. The van der Waals surface area contributed by atoms with E-state index in [4.69, 9.17) is 4.79 Å². The quantitative estimate of drug-likeness (QED) is 0.116. The maximum Gasteiger partial charge on any atom is 0.245 e. The molecule has 15 heteroatoms. The first-order valence-corrected chi connectivity index (χ1v) is 22.3. The maximum atomic E-state index is 13.2. The van der Waals surface area contributed by atoms with E-state index in [1.807, 2.05) is 110 Å². The molecule has 2 aromatic carbocycles. The van der Waals surface area contributed by atoms with Crippen LogP contribution in [-0.2, 0) is 51.2 Å². The molecule has 0 bridgehead atoms. The van der Waals surface area contributed by atoms with Gasteiger partial charge in [-0.2, -0.15) is 0 Å². The van der Waals surface area contributed by atoms with E-state index in [0.717, 1.165) is 23.1 Å². The van der Waals surface area contributed by atoms with Crippen molar-refractivity contribution in [2.45, 2.75) is 127 Å². The molecule has 64 heavy (non-hydrogen) atoms. The molecule has 0 fully saturated rings. The minimum Gasteiger partial charge on any atom is -0.358 e. The molecule has 3 atom stereocenters. The Labute approximate surface area is 385 Å². The van der Waals surface area contributed by atoms with Gasteiger partial charge in [0.05, 0.1) is 25.7 Å². The van der Waals surface area contributed by atoms with Crippen LogP contribution in [0.15, 0.2) is 66.9 Å². The molecule has 3 N–H and O–H groups in total. The Morgan fingerprint density at radius 1 is 0.719 bits per heavy atom. The van der Waals surface area contributed by atoms with Crippen molar-refractivity contribution in [3.63, 3.8) is 0 Å². The van der Waals surface area contributed by atoms with Crippen LogP contribution in [-0.4, -0.2) is 134 Å². The van der Waals surface area contributed by atoms with E-state index in [1.165, 1.54) is 33.6 Å². The number of likely N-dealkylation sites (N-methyl/N-ethyl adjacent to an activating group) is 4. The molecule has 362 valence electrons. The van der Waals surface area contributed by atoms with Crippen molar-refractivity contribution < 1.29 is 38.4 Å². The number of amides is 6. The van der Waals surface area contributed by atoms with Gasteiger partial charge in [-0.1, -0.05) is 104 Å². The lowest BCUT2D eigenvalue weighted by Gasteiger charge is -2.33. The second-order valence-electron chi connectivity index (χ2n) is 14.1. The summed E-state index contributed by atoms with van der Waals surface area (Å²) in [5, 5.41) is 8.66. The summed E-state index contributed by atoms with van der Waals surface area (Å²) in [6.45, 7) is 31.3.